The SMILES string of the molecule is CCC1=C(C)C=CC1(Cl)C(C)C1(Cl)C=CC(C)=C1CC. The van der Waals surface area contributed by atoms with E-state index in [9.17, 15) is 0 Å². The van der Waals surface area contributed by atoms with Gasteiger partial charge in [-0.1, -0.05) is 56.2 Å². The minimum Gasteiger partial charge on any atom is -0.109 e. The fourth-order valence-corrected chi connectivity index (χ4v) is 4.81. The lowest BCUT2D eigenvalue weighted by molar-refractivity contribution is 0.443. The molecule has 2 rings (SSSR count). The van der Waals surface area contributed by atoms with Gasteiger partial charge in [-0.15, -0.1) is 23.2 Å². The normalized spacial score (nSPS) is 34.5. The van der Waals surface area contributed by atoms with Crippen LogP contribution >= 0.6 is 23.2 Å². The molecule has 2 atom stereocenters. The zero-order valence-electron chi connectivity index (χ0n) is 13.1. The predicted octanol–water partition coefficient (Wildman–Crippen LogP) is 6.17. The maximum Gasteiger partial charge on any atom is 0.0892 e. The number of alkyl halides is 2. The van der Waals surface area contributed by atoms with Gasteiger partial charge < -0.3 is 0 Å². The fourth-order valence-electron chi connectivity index (χ4n) is 3.72. The Morgan fingerprint density at radius 1 is 0.900 bits per heavy atom. The van der Waals surface area contributed by atoms with Crippen LogP contribution in [0, 0.1) is 5.92 Å². The molecule has 20 heavy (non-hydrogen) atoms. The van der Waals surface area contributed by atoms with Crippen LogP contribution in [0.1, 0.15) is 47.5 Å². The number of rotatable bonds is 4. The fraction of sp³-hybridized carbons (Fsp3) is 0.556. The molecule has 0 saturated heterocycles. The van der Waals surface area contributed by atoms with Crippen molar-refractivity contribution in [3.63, 3.8) is 0 Å². The first kappa shape index (κ1) is 15.9. The highest BCUT2D eigenvalue weighted by molar-refractivity contribution is 6.32. The Morgan fingerprint density at radius 2 is 1.25 bits per heavy atom. The Bertz CT molecular complexity index is 488. The molecule has 0 aromatic carbocycles. The number of hydrogen-bond donors (Lipinski definition) is 0. The summed E-state index contributed by atoms with van der Waals surface area (Å²) in [5, 5.41) is 0. The number of allylic oxidation sites excluding steroid dienone is 8. The summed E-state index contributed by atoms with van der Waals surface area (Å²) in [6, 6.07) is 0. The first-order chi connectivity index (χ1) is 9.31. The van der Waals surface area contributed by atoms with Crippen LogP contribution in [0.25, 0.3) is 0 Å². The molecule has 0 fully saturated rings. The maximum atomic E-state index is 7.04. The van der Waals surface area contributed by atoms with Crippen LogP contribution in [-0.4, -0.2) is 9.75 Å². The van der Waals surface area contributed by atoms with Crippen molar-refractivity contribution >= 4 is 23.2 Å². The average Bonchev–Trinajstić information content (AvgIpc) is 2.88. The molecular formula is C18H24Cl2. The van der Waals surface area contributed by atoms with Gasteiger partial charge in [-0.2, -0.15) is 0 Å². The maximum absolute atomic E-state index is 7.04. The summed E-state index contributed by atoms with van der Waals surface area (Å²) < 4.78 is 0. The van der Waals surface area contributed by atoms with E-state index in [1.165, 1.54) is 22.3 Å². The van der Waals surface area contributed by atoms with Crippen molar-refractivity contribution in [2.45, 2.75) is 57.2 Å². The van der Waals surface area contributed by atoms with Gasteiger partial charge in [-0.25, -0.2) is 0 Å². The second kappa shape index (κ2) is 5.39. The lowest BCUT2D eigenvalue weighted by atomic mass is 9.74. The second-order valence-electron chi connectivity index (χ2n) is 5.95. The molecule has 0 bridgehead atoms. The van der Waals surface area contributed by atoms with Crippen LogP contribution in [0.5, 0.6) is 0 Å². The van der Waals surface area contributed by atoms with E-state index in [2.05, 4.69) is 58.9 Å². The summed E-state index contributed by atoms with van der Waals surface area (Å²) in [7, 11) is 0. The molecule has 0 heterocycles. The van der Waals surface area contributed by atoms with Crippen molar-refractivity contribution in [2.24, 2.45) is 5.92 Å². The third-order valence-corrected chi connectivity index (χ3v) is 6.36. The van der Waals surface area contributed by atoms with E-state index in [-0.39, 0.29) is 5.92 Å². The Balaban J connectivity index is 2.45. The van der Waals surface area contributed by atoms with E-state index in [4.69, 9.17) is 23.2 Å². The molecule has 0 radical (unpaired) electrons. The van der Waals surface area contributed by atoms with Gasteiger partial charge in [-0.05, 0) is 37.8 Å². The monoisotopic (exact) mass is 310 g/mol. The standard InChI is InChI=1S/C18H24Cl2/c1-6-15-12(3)8-10-17(15,19)14(5)18(20)11-9-13(4)16(18)7-2/h8-11,14H,6-7H2,1-5H3. The zero-order valence-corrected chi connectivity index (χ0v) is 14.6. The summed E-state index contributed by atoms with van der Waals surface area (Å²) in [6.07, 6.45) is 10.5. The minimum absolute atomic E-state index is 0.116. The lowest BCUT2D eigenvalue weighted by Crippen LogP contribution is -2.43. The van der Waals surface area contributed by atoms with Crippen LogP contribution < -0.4 is 0 Å². The Labute approximate surface area is 133 Å². The molecule has 0 nitrogen and oxygen atoms in total. The smallest absolute Gasteiger partial charge is 0.0892 e. The number of hydrogen-bond acceptors (Lipinski definition) is 0. The van der Waals surface area contributed by atoms with Crippen LogP contribution in [0.15, 0.2) is 46.6 Å². The van der Waals surface area contributed by atoms with E-state index in [0.717, 1.165) is 12.8 Å². The molecule has 0 spiro atoms. The highest BCUT2D eigenvalue weighted by Gasteiger charge is 2.50. The summed E-state index contributed by atoms with van der Waals surface area (Å²) in [6.45, 7) is 10.8. The zero-order chi connectivity index (χ0) is 15.1. The highest BCUT2D eigenvalue weighted by atomic mass is 35.5. The van der Waals surface area contributed by atoms with Crippen molar-refractivity contribution in [1.82, 2.24) is 0 Å². The third-order valence-electron chi connectivity index (χ3n) is 5.00. The van der Waals surface area contributed by atoms with E-state index < -0.39 is 9.75 Å². The summed E-state index contributed by atoms with van der Waals surface area (Å²) in [4.78, 5) is -0.925. The van der Waals surface area contributed by atoms with E-state index in [0.29, 0.717) is 0 Å². The van der Waals surface area contributed by atoms with Gasteiger partial charge >= 0.3 is 0 Å². The van der Waals surface area contributed by atoms with Crippen molar-refractivity contribution in [3.8, 4) is 0 Å². The first-order valence-corrected chi connectivity index (χ1v) is 8.23. The van der Waals surface area contributed by atoms with Crippen LogP contribution in [0.2, 0.25) is 0 Å². The van der Waals surface area contributed by atoms with Crippen LogP contribution in [0.4, 0.5) is 0 Å². The van der Waals surface area contributed by atoms with E-state index >= 15 is 0 Å². The third kappa shape index (κ3) is 2.12. The summed E-state index contributed by atoms with van der Waals surface area (Å²) in [5.74, 6) is 0.116. The quantitative estimate of drug-likeness (QED) is 0.545. The van der Waals surface area contributed by atoms with Gasteiger partial charge in [-0.3, -0.25) is 0 Å². The van der Waals surface area contributed by atoms with Crippen molar-refractivity contribution in [3.05, 3.63) is 46.6 Å². The van der Waals surface area contributed by atoms with E-state index in [1.807, 2.05) is 0 Å². The topological polar surface area (TPSA) is 0 Å². The molecule has 0 aromatic heterocycles. The van der Waals surface area contributed by atoms with Gasteiger partial charge in [0, 0.05) is 5.92 Å². The van der Waals surface area contributed by atoms with Crippen LogP contribution in [-0.2, 0) is 0 Å². The molecule has 110 valence electrons. The van der Waals surface area contributed by atoms with Crippen molar-refractivity contribution in [1.29, 1.82) is 0 Å². The summed E-state index contributed by atoms with van der Waals surface area (Å²) in [5.41, 5.74) is 5.19. The Kier molecular flexibility index (Phi) is 4.29. The minimum atomic E-state index is -0.462. The number of halogens is 2. The average molecular weight is 311 g/mol. The van der Waals surface area contributed by atoms with E-state index in [1.54, 1.807) is 0 Å². The van der Waals surface area contributed by atoms with Gasteiger partial charge in [0.1, 0.15) is 0 Å². The van der Waals surface area contributed by atoms with Crippen molar-refractivity contribution in [2.75, 3.05) is 0 Å². The van der Waals surface area contributed by atoms with Gasteiger partial charge in [0.05, 0.1) is 9.75 Å². The highest BCUT2D eigenvalue weighted by Crippen LogP contribution is 2.53. The molecule has 2 aliphatic carbocycles. The molecule has 0 amide bonds. The molecule has 0 saturated carbocycles. The van der Waals surface area contributed by atoms with Crippen molar-refractivity contribution < 1.29 is 0 Å². The molecule has 0 aliphatic heterocycles. The largest absolute Gasteiger partial charge is 0.109 e. The molecule has 2 heteroatoms. The Morgan fingerprint density at radius 3 is 1.55 bits per heavy atom. The lowest BCUT2D eigenvalue weighted by Gasteiger charge is -2.41. The molecule has 0 N–H and O–H groups in total. The van der Waals surface area contributed by atoms with Gasteiger partial charge in [0.15, 0.2) is 0 Å². The molecule has 2 aliphatic rings. The second-order valence-corrected chi connectivity index (χ2v) is 7.21. The Hall–Kier alpha value is -0.460. The summed E-state index contributed by atoms with van der Waals surface area (Å²) >= 11 is 14.1. The van der Waals surface area contributed by atoms with Gasteiger partial charge in [0.2, 0.25) is 0 Å². The van der Waals surface area contributed by atoms with Crippen LogP contribution in [0.3, 0.4) is 0 Å². The molecule has 0 aromatic rings. The molecule has 2 unspecified atom stereocenters. The molecular weight excluding hydrogens is 287 g/mol. The first-order valence-electron chi connectivity index (χ1n) is 7.48. The van der Waals surface area contributed by atoms with Gasteiger partial charge in [0.25, 0.3) is 0 Å². The predicted molar refractivity (Wildman–Crippen MR) is 90.6 cm³/mol.